The lowest BCUT2D eigenvalue weighted by molar-refractivity contribution is -0.146. The molecule has 3 nitrogen and oxygen atoms in total. The first-order valence-electron chi connectivity index (χ1n) is 6.38. The Kier molecular flexibility index (Phi) is 5.86. The number of esters is 1. The van der Waals surface area contributed by atoms with E-state index in [0.717, 1.165) is 13.0 Å². The summed E-state index contributed by atoms with van der Waals surface area (Å²) in [6.07, 6.45) is 0.996. The molecule has 0 saturated heterocycles. The zero-order chi connectivity index (χ0) is 13.5. The number of carbonyl (C=O) groups excluding carboxylic acids is 1. The van der Waals surface area contributed by atoms with Crippen LogP contribution in [0.3, 0.4) is 0 Å². The summed E-state index contributed by atoms with van der Waals surface area (Å²) in [4.78, 5) is 13.7. The molecule has 0 aliphatic rings. The van der Waals surface area contributed by atoms with Crippen LogP contribution in [-0.4, -0.2) is 37.6 Å². The van der Waals surface area contributed by atoms with Gasteiger partial charge in [0.05, 0.1) is 13.0 Å². The second-order valence-electron chi connectivity index (χ2n) is 4.77. The SMILES string of the molecule is COC(=O)C(C)C(C)N(C)CCc1ccccc1. The number of nitrogens with zero attached hydrogens (tertiary/aromatic N) is 1. The number of hydrogen-bond donors (Lipinski definition) is 0. The molecule has 2 unspecified atom stereocenters. The van der Waals surface area contributed by atoms with E-state index in [2.05, 4.69) is 36.1 Å². The first-order chi connectivity index (χ1) is 8.56. The van der Waals surface area contributed by atoms with Gasteiger partial charge in [-0.25, -0.2) is 0 Å². The molecule has 0 heterocycles. The number of benzene rings is 1. The van der Waals surface area contributed by atoms with Crippen LogP contribution in [0.4, 0.5) is 0 Å². The lowest BCUT2D eigenvalue weighted by Gasteiger charge is -2.28. The van der Waals surface area contributed by atoms with Crippen LogP contribution in [0.15, 0.2) is 30.3 Å². The third-order valence-electron chi connectivity index (χ3n) is 3.59. The van der Waals surface area contributed by atoms with E-state index < -0.39 is 0 Å². The fourth-order valence-electron chi connectivity index (χ4n) is 1.92. The summed E-state index contributed by atoms with van der Waals surface area (Å²) in [7, 11) is 3.49. The summed E-state index contributed by atoms with van der Waals surface area (Å²) >= 11 is 0. The highest BCUT2D eigenvalue weighted by atomic mass is 16.5. The van der Waals surface area contributed by atoms with Crippen LogP contribution in [-0.2, 0) is 16.0 Å². The van der Waals surface area contributed by atoms with E-state index in [1.807, 2.05) is 20.0 Å². The highest BCUT2D eigenvalue weighted by molar-refractivity contribution is 5.72. The average molecular weight is 249 g/mol. The topological polar surface area (TPSA) is 29.5 Å². The van der Waals surface area contributed by atoms with Crippen molar-refractivity contribution in [2.24, 2.45) is 5.92 Å². The van der Waals surface area contributed by atoms with Crippen LogP contribution < -0.4 is 0 Å². The molecule has 0 bridgehead atoms. The van der Waals surface area contributed by atoms with Gasteiger partial charge < -0.3 is 9.64 Å². The van der Waals surface area contributed by atoms with Gasteiger partial charge in [0.2, 0.25) is 0 Å². The van der Waals surface area contributed by atoms with E-state index in [1.165, 1.54) is 12.7 Å². The molecule has 0 aliphatic heterocycles. The Morgan fingerprint density at radius 3 is 2.44 bits per heavy atom. The van der Waals surface area contributed by atoms with Crippen LogP contribution in [0.5, 0.6) is 0 Å². The summed E-state index contributed by atoms with van der Waals surface area (Å²) in [6, 6.07) is 10.6. The summed E-state index contributed by atoms with van der Waals surface area (Å²) in [6.45, 7) is 4.91. The Morgan fingerprint density at radius 1 is 1.28 bits per heavy atom. The number of ether oxygens (including phenoxy) is 1. The second-order valence-corrected chi connectivity index (χ2v) is 4.77. The number of methoxy groups -OCH3 is 1. The van der Waals surface area contributed by atoms with Crippen molar-refractivity contribution in [2.45, 2.75) is 26.3 Å². The molecule has 100 valence electrons. The van der Waals surface area contributed by atoms with Crippen LogP contribution in [0.1, 0.15) is 19.4 Å². The lowest BCUT2D eigenvalue weighted by Crippen LogP contribution is -2.39. The van der Waals surface area contributed by atoms with Gasteiger partial charge in [0.1, 0.15) is 0 Å². The number of hydrogen-bond acceptors (Lipinski definition) is 3. The fraction of sp³-hybridized carbons (Fsp3) is 0.533. The van der Waals surface area contributed by atoms with Crippen molar-refractivity contribution in [3.8, 4) is 0 Å². The van der Waals surface area contributed by atoms with Crippen LogP contribution in [0.2, 0.25) is 0 Å². The molecule has 0 amide bonds. The van der Waals surface area contributed by atoms with Crippen molar-refractivity contribution >= 4 is 5.97 Å². The Bertz CT molecular complexity index is 364. The van der Waals surface area contributed by atoms with Crippen molar-refractivity contribution < 1.29 is 9.53 Å². The molecule has 18 heavy (non-hydrogen) atoms. The maximum atomic E-state index is 11.5. The average Bonchev–Trinajstić information content (AvgIpc) is 2.43. The standard InChI is InChI=1S/C15H23NO2/c1-12(15(17)18-4)13(2)16(3)11-10-14-8-6-5-7-9-14/h5-9,12-13H,10-11H2,1-4H3. The highest BCUT2D eigenvalue weighted by Crippen LogP contribution is 2.12. The van der Waals surface area contributed by atoms with E-state index in [-0.39, 0.29) is 17.9 Å². The molecule has 1 aromatic rings. The molecule has 1 aromatic carbocycles. The summed E-state index contributed by atoms with van der Waals surface area (Å²) in [5.74, 6) is -0.246. The maximum Gasteiger partial charge on any atom is 0.309 e. The number of carbonyl (C=O) groups is 1. The minimum atomic E-state index is -0.144. The smallest absolute Gasteiger partial charge is 0.309 e. The molecule has 0 N–H and O–H groups in total. The van der Waals surface area contributed by atoms with Crippen molar-refractivity contribution in [1.29, 1.82) is 0 Å². The number of likely N-dealkylation sites (N-methyl/N-ethyl adjacent to an activating group) is 1. The fourth-order valence-corrected chi connectivity index (χ4v) is 1.92. The molecule has 0 aliphatic carbocycles. The molecule has 2 atom stereocenters. The van der Waals surface area contributed by atoms with Gasteiger partial charge in [-0.15, -0.1) is 0 Å². The summed E-state index contributed by atoms with van der Waals surface area (Å²) in [5, 5.41) is 0. The first kappa shape index (κ1) is 14.7. The van der Waals surface area contributed by atoms with Gasteiger partial charge in [-0.3, -0.25) is 4.79 Å². The number of rotatable bonds is 6. The van der Waals surface area contributed by atoms with E-state index in [1.54, 1.807) is 0 Å². The van der Waals surface area contributed by atoms with Crippen LogP contribution in [0.25, 0.3) is 0 Å². The normalized spacial score (nSPS) is 14.3. The summed E-state index contributed by atoms with van der Waals surface area (Å²) in [5.41, 5.74) is 1.32. The van der Waals surface area contributed by atoms with Crippen molar-refractivity contribution in [2.75, 3.05) is 20.7 Å². The maximum absolute atomic E-state index is 11.5. The van der Waals surface area contributed by atoms with Gasteiger partial charge in [-0.1, -0.05) is 37.3 Å². The molecule has 0 aromatic heterocycles. The molecular weight excluding hydrogens is 226 g/mol. The van der Waals surface area contributed by atoms with Crippen molar-refractivity contribution in [3.63, 3.8) is 0 Å². The van der Waals surface area contributed by atoms with Crippen LogP contribution in [0, 0.1) is 5.92 Å². The van der Waals surface area contributed by atoms with E-state index in [9.17, 15) is 4.79 Å². The summed E-state index contributed by atoms with van der Waals surface area (Å²) < 4.78 is 4.78. The lowest BCUT2D eigenvalue weighted by atomic mass is 10.0. The zero-order valence-corrected chi connectivity index (χ0v) is 11.7. The van der Waals surface area contributed by atoms with Gasteiger partial charge in [0, 0.05) is 12.6 Å². The van der Waals surface area contributed by atoms with Crippen LogP contribution >= 0.6 is 0 Å². The highest BCUT2D eigenvalue weighted by Gasteiger charge is 2.23. The minimum absolute atomic E-state index is 0.101. The van der Waals surface area contributed by atoms with Gasteiger partial charge in [0.25, 0.3) is 0 Å². The molecule has 0 radical (unpaired) electrons. The zero-order valence-electron chi connectivity index (χ0n) is 11.7. The van der Waals surface area contributed by atoms with E-state index in [4.69, 9.17) is 4.74 Å². The van der Waals surface area contributed by atoms with E-state index >= 15 is 0 Å². The largest absolute Gasteiger partial charge is 0.469 e. The van der Waals surface area contributed by atoms with Gasteiger partial charge in [-0.2, -0.15) is 0 Å². The predicted molar refractivity (Wildman–Crippen MR) is 73.4 cm³/mol. The van der Waals surface area contributed by atoms with Gasteiger partial charge in [-0.05, 0) is 26.0 Å². The van der Waals surface area contributed by atoms with E-state index in [0.29, 0.717) is 0 Å². The Hall–Kier alpha value is -1.35. The second kappa shape index (κ2) is 7.17. The molecule has 0 fully saturated rings. The molecule has 3 heteroatoms. The molecule has 1 rings (SSSR count). The Balaban J connectivity index is 2.45. The predicted octanol–water partition coefficient (Wildman–Crippen LogP) is 2.36. The van der Waals surface area contributed by atoms with Crippen molar-refractivity contribution in [1.82, 2.24) is 4.90 Å². The molecular formula is C15H23NO2. The quantitative estimate of drug-likeness (QED) is 0.725. The molecule has 0 saturated carbocycles. The van der Waals surface area contributed by atoms with Gasteiger partial charge >= 0.3 is 5.97 Å². The minimum Gasteiger partial charge on any atom is -0.469 e. The third-order valence-corrected chi connectivity index (χ3v) is 3.59. The van der Waals surface area contributed by atoms with Gasteiger partial charge in [0.15, 0.2) is 0 Å². The monoisotopic (exact) mass is 249 g/mol. The first-order valence-corrected chi connectivity index (χ1v) is 6.38. The molecule has 0 spiro atoms. The Labute approximate surface area is 110 Å². The Morgan fingerprint density at radius 2 is 1.89 bits per heavy atom. The third kappa shape index (κ3) is 4.15. The van der Waals surface area contributed by atoms with Crippen molar-refractivity contribution in [3.05, 3.63) is 35.9 Å².